The van der Waals surface area contributed by atoms with Crippen LogP contribution in [-0.2, 0) is 10.0 Å². The fraction of sp³-hybridized carbons (Fsp3) is 0. The van der Waals surface area contributed by atoms with Crippen LogP contribution in [0.25, 0.3) is 11.1 Å². The minimum Gasteiger partial charge on any atom is -0.478 e. The lowest BCUT2D eigenvalue weighted by molar-refractivity contribution is 0.0697. The van der Waals surface area contributed by atoms with Crippen LogP contribution in [0.5, 0.6) is 0 Å². The second-order valence-electron chi connectivity index (χ2n) is 7.29. The van der Waals surface area contributed by atoms with Crippen LogP contribution in [0.2, 0.25) is 0 Å². The van der Waals surface area contributed by atoms with Gasteiger partial charge in [0.2, 0.25) is 21.9 Å². The molecule has 13 heteroatoms. The number of aromatic carboxylic acids is 1. The van der Waals surface area contributed by atoms with Gasteiger partial charge in [0, 0.05) is 11.4 Å². The third-order valence-corrected chi connectivity index (χ3v) is 5.77. The maximum Gasteiger partial charge on any atom is 0.349 e. The van der Waals surface area contributed by atoms with Crippen molar-refractivity contribution in [1.82, 2.24) is 14.8 Å². The monoisotopic (exact) mass is 493 g/mol. The van der Waals surface area contributed by atoms with Gasteiger partial charge in [0.15, 0.2) is 0 Å². The van der Waals surface area contributed by atoms with Gasteiger partial charge in [-0.15, -0.1) is 9.78 Å². The van der Waals surface area contributed by atoms with Crippen molar-refractivity contribution in [2.45, 2.75) is 4.90 Å². The van der Waals surface area contributed by atoms with Crippen LogP contribution in [0.15, 0.2) is 77.7 Å². The van der Waals surface area contributed by atoms with E-state index in [-0.39, 0.29) is 22.4 Å². The van der Waals surface area contributed by atoms with E-state index < -0.39 is 22.0 Å². The number of rotatable bonds is 6. The largest absolute Gasteiger partial charge is 0.478 e. The topological polar surface area (TPSA) is 195 Å². The van der Waals surface area contributed by atoms with E-state index in [9.17, 15) is 18.0 Å². The maximum atomic E-state index is 12.6. The van der Waals surface area contributed by atoms with Crippen molar-refractivity contribution >= 4 is 45.3 Å². The van der Waals surface area contributed by atoms with Crippen LogP contribution in [0.4, 0.5) is 28.1 Å². The van der Waals surface area contributed by atoms with Gasteiger partial charge < -0.3 is 21.5 Å². The van der Waals surface area contributed by atoms with Crippen LogP contribution in [0, 0.1) is 0 Å². The first-order chi connectivity index (χ1) is 16.6. The Morgan fingerprint density at radius 3 is 2.20 bits per heavy atom. The van der Waals surface area contributed by atoms with Gasteiger partial charge in [0.1, 0.15) is 0 Å². The minimum atomic E-state index is -3.82. The van der Waals surface area contributed by atoms with E-state index in [4.69, 9.17) is 16.0 Å². The fourth-order valence-electron chi connectivity index (χ4n) is 3.14. The summed E-state index contributed by atoms with van der Waals surface area (Å²) in [6, 6.07) is 18.2. The standard InChI is InChI=1S/C22H19N7O5S/c23-20-27-21(25-16-8-10-18(11-9-16)35(24,33)34)28-29(20)22(32)26-17-6-4-13(5-7-17)14-2-1-3-15(12-14)19(30)31/h1-12H,(H,26,32)(H,30,31)(H2,24,33,34)(H3,23,25,27,28). The van der Waals surface area contributed by atoms with Gasteiger partial charge in [-0.05, 0) is 59.7 Å². The summed E-state index contributed by atoms with van der Waals surface area (Å²) in [6.45, 7) is 0. The normalized spacial score (nSPS) is 11.1. The Labute approximate surface area is 199 Å². The Morgan fingerprint density at radius 2 is 1.57 bits per heavy atom. The third kappa shape index (κ3) is 5.43. The molecule has 7 N–H and O–H groups in total. The van der Waals surface area contributed by atoms with Crippen LogP contribution in [0.3, 0.4) is 0 Å². The number of nitrogens with two attached hydrogens (primary N) is 2. The van der Waals surface area contributed by atoms with Gasteiger partial charge in [-0.25, -0.2) is 23.1 Å². The molecule has 0 bridgehead atoms. The predicted octanol–water partition coefficient (Wildman–Crippen LogP) is 2.70. The molecule has 0 aliphatic heterocycles. The summed E-state index contributed by atoms with van der Waals surface area (Å²) in [5, 5.41) is 23.7. The van der Waals surface area contributed by atoms with E-state index in [1.807, 2.05) is 0 Å². The number of sulfonamides is 1. The highest BCUT2D eigenvalue weighted by Gasteiger charge is 2.15. The summed E-state index contributed by atoms with van der Waals surface area (Å²) in [6.07, 6.45) is 0. The molecule has 1 heterocycles. The maximum absolute atomic E-state index is 12.6. The number of amides is 1. The molecule has 0 spiro atoms. The molecule has 0 unspecified atom stereocenters. The molecule has 4 rings (SSSR count). The molecule has 0 saturated carbocycles. The zero-order valence-corrected chi connectivity index (χ0v) is 18.7. The molecule has 12 nitrogen and oxygen atoms in total. The van der Waals surface area contributed by atoms with Crippen LogP contribution in [0.1, 0.15) is 10.4 Å². The van der Waals surface area contributed by atoms with Crippen LogP contribution in [-0.4, -0.2) is 40.3 Å². The van der Waals surface area contributed by atoms with Crippen molar-refractivity contribution in [3.05, 3.63) is 78.4 Å². The number of primary sulfonamides is 1. The van der Waals surface area contributed by atoms with Crippen molar-refractivity contribution in [2.75, 3.05) is 16.4 Å². The number of hydrogen-bond donors (Lipinski definition) is 5. The van der Waals surface area contributed by atoms with E-state index in [1.165, 1.54) is 30.3 Å². The number of aromatic nitrogens is 3. The number of nitrogens with zero attached hydrogens (tertiary/aromatic N) is 3. The number of hydrogen-bond acceptors (Lipinski definition) is 8. The quantitative estimate of drug-likeness (QED) is 0.268. The smallest absolute Gasteiger partial charge is 0.349 e. The Bertz CT molecular complexity index is 1510. The van der Waals surface area contributed by atoms with Crippen LogP contribution < -0.4 is 21.5 Å². The molecule has 0 atom stereocenters. The Kier molecular flexibility index (Phi) is 6.18. The fourth-order valence-corrected chi connectivity index (χ4v) is 3.65. The molecule has 178 valence electrons. The summed E-state index contributed by atoms with van der Waals surface area (Å²) < 4.78 is 23.6. The Balaban J connectivity index is 1.45. The number of nitrogen functional groups attached to an aromatic ring is 1. The highest BCUT2D eigenvalue weighted by molar-refractivity contribution is 7.89. The molecular weight excluding hydrogens is 474 g/mol. The minimum absolute atomic E-state index is 0.0228. The Hall–Kier alpha value is -4.75. The third-order valence-electron chi connectivity index (χ3n) is 4.84. The molecular formula is C22H19N7O5S. The lowest BCUT2D eigenvalue weighted by atomic mass is 10.0. The molecule has 3 aromatic carbocycles. The number of carbonyl (C=O) groups excluding carboxylic acids is 1. The lowest BCUT2D eigenvalue weighted by Gasteiger charge is -2.07. The van der Waals surface area contributed by atoms with Crippen molar-refractivity contribution < 1.29 is 23.1 Å². The van der Waals surface area contributed by atoms with Gasteiger partial charge >= 0.3 is 12.0 Å². The second-order valence-corrected chi connectivity index (χ2v) is 8.85. The molecule has 0 radical (unpaired) electrons. The van der Waals surface area contributed by atoms with E-state index in [2.05, 4.69) is 20.7 Å². The SMILES string of the molecule is Nc1nc(Nc2ccc(S(N)(=O)=O)cc2)nn1C(=O)Nc1ccc(-c2cccc(C(=O)O)c2)cc1. The zero-order valence-electron chi connectivity index (χ0n) is 17.9. The average Bonchev–Trinajstić information content (AvgIpc) is 3.19. The first-order valence-electron chi connectivity index (χ1n) is 9.98. The molecule has 0 saturated heterocycles. The molecule has 0 aliphatic carbocycles. The van der Waals surface area contributed by atoms with Gasteiger partial charge in [-0.1, -0.05) is 24.3 Å². The number of benzene rings is 3. The summed E-state index contributed by atoms with van der Waals surface area (Å²) in [4.78, 5) is 27.7. The number of carboxylic acids is 1. The second kappa shape index (κ2) is 9.24. The van der Waals surface area contributed by atoms with Gasteiger partial charge in [-0.3, -0.25) is 0 Å². The molecule has 0 fully saturated rings. The van der Waals surface area contributed by atoms with E-state index in [0.29, 0.717) is 11.4 Å². The number of carbonyl (C=O) groups is 2. The summed E-state index contributed by atoms with van der Waals surface area (Å²) in [7, 11) is -3.82. The Morgan fingerprint density at radius 1 is 0.914 bits per heavy atom. The van der Waals surface area contributed by atoms with Crippen molar-refractivity contribution in [1.29, 1.82) is 0 Å². The zero-order chi connectivity index (χ0) is 25.2. The number of carboxylic acid groups (broad SMARTS) is 1. The van der Waals surface area contributed by atoms with E-state index in [1.54, 1.807) is 42.5 Å². The molecule has 4 aromatic rings. The highest BCUT2D eigenvalue weighted by atomic mass is 32.2. The lowest BCUT2D eigenvalue weighted by Crippen LogP contribution is -2.22. The molecule has 1 aromatic heterocycles. The summed E-state index contributed by atoms with van der Waals surface area (Å²) in [5.41, 5.74) is 8.39. The van der Waals surface area contributed by atoms with Gasteiger partial charge in [0.05, 0.1) is 10.5 Å². The van der Waals surface area contributed by atoms with Crippen LogP contribution >= 0.6 is 0 Å². The molecule has 35 heavy (non-hydrogen) atoms. The van der Waals surface area contributed by atoms with Gasteiger partial charge in [0.25, 0.3) is 0 Å². The predicted molar refractivity (Wildman–Crippen MR) is 129 cm³/mol. The first-order valence-corrected chi connectivity index (χ1v) is 11.5. The number of nitrogens with one attached hydrogen (secondary N) is 2. The molecule has 0 aliphatic rings. The first kappa shape index (κ1) is 23.4. The molecule has 1 amide bonds. The van der Waals surface area contributed by atoms with E-state index >= 15 is 0 Å². The summed E-state index contributed by atoms with van der Waals surface area (Å²) >= 11 is 0. The highest BCUT2D eigenvalue weighted by Crippen LogP contribution is 2.23. The van der Waals surface area contributed by atoms with Gasteiger partial charge in [-0.2, -0.15) is 4.98 Å². The van der Waals surface area contributed by atoms with E-state index in [0.717, 1.165) is 15.8 Å². The average molecular weight is 494 g/mol. The van der Waals surface area contributed by atoms with Crippen molar-refractivity contribution in [3.63, 3.8) is 0 Å². The number of anilines is 4. The van der Waals surface area contributed by atoms with Crippen molar-refractivity contribution in [2.24, 2.45) is 5.14 Å². The van der Waals surface area contributed by atoms with Crippen molar-refractivity contribution in [3.8, 4) is 11.1 Å². The summed E-state index contributed by atoms with van der Waals surface area (Å²) in [5.74, 6) is -1.17.